The molecule has 0 heterocycles. The lowest BCUT2D eigenvalue weighted by Gasteiger charge is -2.11. The van der Waals surface area contributed by atoms with E-state index in [1.54, 1.807) is 0 Å². The molecule has 1 aromatic carbocycles. The molecule has 0 bridgehead atoms. The number of halogens is 1. The van der Waals surface area contributed by atoms with E-state index in [1.807, 2.05) is 0 Å². The van der Waals surface area contributed by atoms with Crippen molar-refractivity contribution in [3.63, 3.8) is 0 Å². The van der Waals surface area contributed by atoms with Gasteiger partial charge in [0, 0.05) is 10.4 Å². The molecule has 1 atom stereocenters. The molecule has 1 aromatic rings. The first kappa shape index (κ1) is 7.81. The van der Waals surface area contributed by atoms with Gasteiger partial charge in [0.15, 0.2) is 0 Å². The molecule has 0 radical (unpaired) electrons. The third-order valence-corrected chi connectivity index (χ3v) is 3.74. The number of fused-ring (bicyclic) bond motifs is 1. The summed E-state index contributed by atoms with van der Waals surface area (Å²) in [5, 5.41) is 0. The first-order valence-electron chi connectivity index (χ1n) is 4.82. The molecule has 1 unspecified atom stereocenters. The predicted octanol–water partition coefficient (Wildman–Crippen LogP) is 3.93. The summed E-state index contributed by atoms with van der Waals surface area (Å²) in [4.78, 5) is 0. The zero-order valence-electron chi connectivity index (χ0n) is 7.33. The second-order valence-corrected chi connectivity index (χ2v) is 4.89. The summed E-state index contributed by atoms with van der Waals surface area (Å²) < 4.78 is 1.39. The second kappa shape index (κ2) is 2.71. The van der Waals surface area contributed by atoms with Crippen LogP contribution < -0.4 is 0 Å². The Morgan fingerprint density at radius 3 is 2.69 bits per heavy atom. The van der Waals surface area contributed by atoms with E-state index in [2.05, 4.69) is 46.3 Å². The van der Waals surface area contributed by atoms with Crippen LogP contribution in [0.1, 0.15) is 29.9 Å². The van der Waals surface area contributed by atoms with E-state index in [1.165, 1.54) is 28.5 Å². The third kappa shape index (κ3) is 1.18. The first-order chi connectivity index (χ1) is 6.36. The van der Waals surface area contributed by atoms with Gasteiger partial charge in [-0.05, 0) is 36.0 Å². The summed E-state index contributed by atoms with van der Waals surface area (Å²) in [6, 6.07) is 8.74. The van der Waals surface area contributed by atoms with E-state index in [0.717, 1.165) is 5.92 Å². The molecule has 1 heteroatoms. The SMILES string of the molecule is BrC1=Cc2ccccc2C1C1CC1. The van der Waals surface area contributed by atoms with Crippen LogP contribution in [-0.4, -0.2) is 0 Å². The number of rotatable bonds is 1. The molecule has 0 spiro atoms. The standard InChI is InChI=1S/C12H11Br/c13-11-7-9-3-1-2-4-10(9)12(11)8-5-6-8/h1-4,7-8,12H,5-6H2. The Balaban J connectivity index is 2.10. The maximum absolute atomic E-state index is 3.69. The molecular formula is C12H11Br. The fraction of sp³-hybridized carbons (Fsp3) is 0.333. The van der Waals surface area contributed by atoms with Crippen LogP contribution in [0.5, 0.6) is 0 Å². The molecule has 2 aliphatic carbocycles. The monoisotopic (exact) mass is 234 g/mol. The van der Waals surface area contributed by atoms with Gasteiger partial charge >= 0.3 is 0 Å². The fourth-order valence-corrected chi connectivity index (χ4v) is 3.09. The lowest BCUT2D eigenvalue weighted by atomic mass is 9.96. The molecule has 66 valence electrons. The molecule has 1 fully saturated rings. The molecular weight excluding hydrogens is 224 g/mol. The highest BCUT2D eigenvalue weighted by atomic mass is 79.9. The van der Waals surface area contributed by atoms with Crippen LogP contribution in [0.3, 0.4) is 0 Å². The lowest BCUT2D eigenvalue weighted by Crippen LogP contribution is -1.97. The maximum atomic E-state index is 3.69. The molecule has 13 heavy (non-hydrogen) atoms. The van der Waals surface area contributed by atoms with Crippen molar-refractivity contribution in [1.82, 2.24) is 0 Å². The minimum absolute atomic E-state index is 0.677. The maximum Gasteiger partial charge on any atom is 0.0190 e. The van der Waals surface area contributed by atoms with Crippen molar-refractivity contribution in [2.75, 3.05) is 0 Å². The van der Waals surface area contributed by atoms with E-state index in [0.29, 0.717) is 5.92 Å². The average Bonchev–Trinajstić information content (AvgIpc) is 2.88. The smallest absolute Gasteiger partial charge is 0.0190 e. The zero-order chi connectivity index (χ0) is 8.84. The van der Waals surface area contributed by atoms with Crippen molar-refractivity contribution in [3.8, 4) is 0 Å². The number of allylic oxidation sites excluding steroid dienone is 1. The van der Waals surface area contributed by atoms with Crippen LogP contribution in [-0.2, 0) is 0 Å². The number of hydrogen-bond donors (Lipinski definition) is 0. The molecule has 3 rings (SSSR count). The Hall–Kier alpha value is -0.560. The van der Waals surface area contributed by atoms with Crippen molar-refractivity contribution in [3.05, 3.63) is 39.9 Å². The number of hydrogen-bond acceptors (Lipinski definition) is 0. The Bertz CT molecular complexity index is 374. The van der Waals surface area contributed by atoms with Gasteiger partial charge in [0.25, 0.3) is 0 Å². The summed E-state index contributed by atoms with van der Waals surface area (Å²) in [6.45, 7) is 0. The fourth-order valence-electron chi connectivity index (χ4n) is 2.22. The highest BCUT2D eigenvalue weighted by Gasteiger charge is 2.37. The Morgan fingerprint density at radius 1 is 1.15 bits per heavy atom. The first-order valence-corrected chi connectivity index (χ1v) is 5.61. The molecule has 0 aromatic heterocycles. The number of benzene rings is 1. The van der Waals surface area contributed by atoms with E-state index in [4.69, 9.17) is 0 Å². The van der Waals surface area contributed by atoms with Gasteiger partial charge in [-0.15, -0.1) is 0 Å². The van der Waals surface area contributed by atoms with E-state index in [9.17, 15) is 0 Å². The van der Waals surface area contributed by atoms with Crippen molar-refractivity contribution in [2.24, 2.45) is 5.92 Å². The van der Waals surface area contributed by atoms with Crippen molar-refractivity contribution >= 4 is 22.0 Å². The van der Waals surface area contributed by atoms with Crippen LogP contribution in [0, 0.1) is 5.92 Å². The molecule has 1 saturated carbocycles. The molecule has 2 aliphatic rings. The summed E-state index contributed by atoms with van der Waals surface area (Å²) in [5.74, 6) is 1.59. The van der Waals surface area contributed by atoms with Crippen molar-refractivity contribution < 1.29 is 0 Å². The third-order valence-electron chi connectivity index (χ3n) is 3.01. The topological polar surface area (TPSA) is 0 Å². The molecule has 0 aliphatic heterocycles. The lowest BCUT2D eigenvalue weighted by molar-refractivity contribution is 0.732. The van der Waals surface area contributed by atoms with Crippen LogP contribution in [0.2, 0.25) is 0 Å². The van der Waals surface area contributed by atoms with Crippen LogP contribution in [0.15, 0.2) is 28.7 Å². The van der Waals surface area contributed by atoms with Crippen LogP contribution in [0.4, 0.5) is 0 Å². The van der Waals surface area contributed by atoms with Crippen LogP contribution in [0.25, 0.3) is 6.08 Å². The van der Waals surface area contributed by atoms with Crippen LogP contribution >= 0.6 is 15.9 Å². The minimum atomic E-state index is 0.677. The molecule has 0 amide bonds. The predicted molar refractivity (Wildman–Crippen MR) is 58.8 cm³/mol. The Morgan fingerprint density at radius 2 is 1.92 bits per heavy atom. The summed E-state index contributed by atoms with van der Waals surface area (Å²) in [7, 11) is 0. The van der Waals surface area contributed by atoms with Crippen molar-refractivity contribution in [2.45, 2.75) is 18.8 Å². The van der Waals surface area contributed by atoms with Crippen molar-refractivity contribution in [1.29, 1.82) is 0 Å². The largest absolute Gasteiger partial charge is 0.0619 e. The molecule has 0 saturated heterocycles. The van der Waals surface area contributed by atoms with E-state index < -0.39 is 0 Å². The average molecular weight is 235 g/mol. The van der Waals surface area contributed by atoms with Gasteiger partial charge in [-0.1, -0.05) is 40.2 Å². The summed E-state index contributed by atoms with van der Waals surface area (Å²) in [5.41, 5.74) is 2.93. The zero-order valence-corrected chi connectivity index (χ0v) is 8.92. The Labute approximate surface area is 86.8 Å². The summed E-state index contributed by atoms with van der Waals surface area (Å²) in [6.07, 6.45) is 5.09. The van der Waals surface area contributed by atoms with Gasteiger partial charge < -0.3 is 0 Å². The highest BCUT2D eigenvalue weighted by Crippen LogP contribution is 2.52. The van der Waals surface area contributed by atoms with Gasteiger partial charge in [0.1, 0.15) is 0 Å². The van der Waals surface area contributed by atoms with Gasteiger partial charge in [-0.25, -0.2) is 0 Å². The molecule has 0 nitrogen and oxygen atoms in total. The van der Waals surface area contributed by atoms with E-state index in [-0.39, 0.29) is 0 Å². The normalized spacial score (nSPS) is 25.6. The van der Waals surface area contributed by atoms with Gasteiger partial charge in [0.2, 0.25) is 0 Å². The van der Waals surface area contributed by atoms with Gasteiger partial charge in [-0.3, -0.25) is 0 Å². The van der Waals surface area contributed by atoms with Gasteiger partial charge in [-0.2, -0.15) is 0 Å². The highest BCUT2D eigenvalue weighted by molar-refractivity contribution is 9.11. The van der Waals surface area contributed by atoms with E-state index >= 15 is 0 Å². The summed E-state index contributed by atoms with van der Waals surface area (Å²) >= 11 is 3.69. The quantitative estimate of drug-likeness (QED) is 0.691. The molecule has 0 N–H and O–H groups in total. The Kier molecular flexibility index (Phi) is 1.63. The van der Waals surface area contributed by atoms with Gasteiger partial charge in [0.05, 0.1) is 0 Å². The minimum Gasteiger partial charge on any atom is -0.0619 e. The second-order valence-electron chi connectivity index (χ2n) is 3.97.